The van der Waals surface area contributed by atoms with E-state index in [2.05, 4.69) is 23.6 Å². The number of carbonyl (C=O) groups is 1. The van der Waals surface area contributed by atoms with Gasteiger partial charge >= 0.3 is 11.7 Å². The highest BCUT2D eigenvalue weighted by molar-refractivity contribution is 5.97. The van der Waals surface area contributed by atoms with Crippen LogP contribution in [0.3, 0.4) is 0 Å². The van der Waals surface area contributed by atoms with Gasteiger partial charge in [0.05, 0.1) is 28.5 Å². The Morgan fingerprint density at radius 1 is 1.02 bits per heavy atom. The maximum atomic E-state index is 12.9. The van der Waals surface area contributed by atoms with Crippen molar-refractivity contribution in [3.8, 4) is 22.7 Å². The summed E-state index contributed by atoms with van der Waals surface area (Å²) >= 11 is 0. The van der Waals surface area contributed by atoms with Gasteiger partial charge in [0.15, 0.2) is 0 Å². The summed E-state index contributed by atoms with van der Waals surface area (Å²) in [7, 11) is 1.61. The smallest absolute Gasteiger partial charge is 0.339 e. The lowest BCUT2D eigenvalue weighted by atomic mass is 9.98. The summed E-state index contributed by atoms with van der Waals surface area (Å²) in [4.78, 5) is 30.3. The average Bonchev–Trinajstić information content (AvgIpc) is 3.37. The summed E-state index contributed by atoms with van der Waals surface area (Å²) in [5.41, 5.74) is 4.74. The maximum absolute atomic E-state index is 12.9. The van der Waals surface area contributed by atoms with Crippen molar-refractivity contribution in [2.45, 2.75) is 52.7 Å². The summed E-state index contributed by atoms with van der Waals surface area (Å²) in [6.07, 6.45) is 3.15. The van der Waals surface area contributed by atoms with E-state index in [0.29, 0.717) is 17.8 Å². The van der Waals surface area contributed by atoms with Crippen molar-refractivity contribution in [2.24, 2.45) is 7.05 Å². The summed E-state index contributed by atoms with van der Waals surface area (Å²) in [5, 5.41) is 10.4. The van der Waals surface area contributed by atoms with E-state index in [1.54, 1.807) is 19.2 Å². The molecule has 2 aromatic heterocycles. The van der Waals surface area contributed by atoms with E-state index in [1.807, 2.05) is 63.2 Å². The van der Waals surface area contributed by atoms with Crippen molar-refractivity contribution in [3.05, 3.63) is 100 Å². The monoisotopic (exact) mass is 538 g/mol. The van der Waals surface area contributed by atoms with Crippen molar-refractivity contribution in [2.75, 3.05) is 0 Å². The van der Waals surface area contributed by atoms with Gasteiger partial charge < -0.3 is 14.4 Å². The first-order valence-electron chi connectivity index (χ1n) is 13.4. The van der Waals surface area contributed by atoms with E-state index in [0.717, 1.165) is 46.4 Å². The molecule has 0 saturated heterocycles. The third-order valence-electron chi connectivity index (χ3n) is 6.73. The number of nitrogens with zero attached hydrogens (tertiary/aromatic N) is 4. The molecule has 206 valence electrons. The number of aromatic nitrogens is 4. The first kappa shape index (κ1) is 27.0. The molecule has 5 aromatic rings. The molecule has 0 saturated carbocycles. The third kappa shape index (κ3) is 5.30. The number of esters is 1. The largest absolute Gasteiger partial charge is 0.493 e. The second-order valence-electron chi connectivity index (χ2n) is 11.0. The molecular weight excluding hydrogens is 504 g/mol. The Morgan fingerprint density at radius 2 is 1.75 bits per heavy atom. The lowest BCUT2D eigenvalue weighted by Gasteiger charge is -2.20. The van der Waals surface area contributed by atoms with Crippen LogP contribution < -0.4 is 5.69 Å². The number of hydrogen-bond acceptors (Lipinski definition) is 5. The summed E-state index contributed by atoms with van der Waals surface area (Å²) in [6.45, 7) is 8.28. The highest BCUT2D eigenvalue weighted by Crippen LogP contribution is 2.28. The fraction of sp³-hybridized carbons (Fsp3) is 0.281. The van der Waals surface area contributed by atoms with Crippen LogP contribution in [0.1, 0.15) is 55.9 Å². The van der Waals surface area contributed by atoms with Gasteiger partial charge in [-0.15, -0.1) is 0 Å². The fourth-order valence-corrected chi connectivity index (χ4v) is 4.89. The topological polar surface area (TPSA) is 91.3 Å². The van der Waals surface area contributed by atoms with Gasteiger partial charge in [0.25, 0.3) is 0 Å². The first-order valence-corrected chi connectivity index (χ1v) is 13.4. The number of carbonyl (C=O) groups excluding carboxylic acids is 1. The molecule has 40 heavy (non-hydrogen) atoms. The number of ether oxygens (including phenoxy) is 1. The number of rotatable bonds is 7. The third-order valence-corrected chi connectivity index (χ3v) is 6.73. The Kier molecular flexibility index (Phi) is 7.10. The lowest BCUT2D eigenvalue weighted by Crippen LogP contribution is -2.24. The van der Waals surface area contributed by atoms with Gasteiger partial charge in [-0.1, -0.05) is 49.4 Å². The van der Waals surface area contributed by atoms with Crippen LogP contribution in [0.4, 0.5) is 0 Å². The van der Waals surface area contributed by atoms with Gasteiger partial charge in [-0.2, -0.15) is 0 Å². The zero-order valence-corrected chi connectivity index (χ0v) is 23.5. The summed E-state index contributed by atoms with van der Waals surface area (Å²) < 4.78 is 10.4. The van der Waals surface area contributed by atoms with E-state index in [-0.39, 0.29) is 17.5 Å². The van der Waals surface area contributed by atoms with Gasteiger partial charge in [-0.25, -0.2) is 19.1 Å². The van der Waals surface area contributed by atoms with E-state index in [9.17, 15) is 14.7 Å². The Balaban J connectivity index is 1.50. The Labute approximate surface area is 233 Å². The molecule has 0 aliphatic carbocycles. The molecule has 8 heteroatoms. The number of fused-ring (bicyclic) bond motifs is 1. The van der Waals surface area contributed by atoms with Gasteiger partial charge in [0.1, 0.15) is 11.4 Å². The van der Waals surface area contributed by atoms with Gasteiger partial charge in [0.2, 0.25) is 5.88 Å². The van der Waals surface area contributed by atoms with E-state index < -0.39 is 5.60 Å². The van der Waals surface area contributed by atoms with Crippen LogP contribution in [0.2, 0.25) is 0 Å². The second kappa shape index (κ2) is 10.5. The molecule has 0 spiro atoms. The molecule has 0 unspecified atom stereocenters. The highest BCUT2D eigenvalue weighted by Gasteiger charge is 2.21. The second-order valence-corrected chi connectivity index (χ2v) is 11.0. The lowest BCUT2D eigenvalue weighted by molar-refractivity contribution is 0.00704. The molecule has 0 atom stereocenters. The SMILES string of the molecule is CCCc1nc2ccc(-n3c(O)cn(C)c3=O)cc2n1Cc1ccc(-c2ccccc2C(=O)OC(C)(C)C)cc1. The normalized spacial score (nSPS) is 11.7. The zero-order chi connectivity index (χ0) is 28.6. The first-order chi connectivity index (χ1) is 19.1. The van der Waals surface area contributed by atoms with Crippen LogP contribution >= 0.6 is 0 Å². The van der Waals surface area contributed by atoms with Crippen molar-refractivity contribution in [3.63, 3.8) is 0 Å². The van der Waals surface area contributed by atoms with Crippen molar-refractivity contribution < 1.29 is 14.6 Å². The predicted molar refractivity (Wildman–Crippen MR) is 156 cm³/mol. The van der Waals surface area contributed by atoms with E-state index >= 15 is 0 Å². The van der Waals surface area contributed by atoms with Gasteiger partial charge in [0, 0.05) is 20.0 Å². The van der Waals surface area contributed by atoms with Crippen LogP contribution in [-0.2, 0) is 24.8 Å². The molecule has 0 aliphatic rings. The minimum absolute atomic E-state index is 0.117. The quantitative estimate of drug-likeness (QED) is 0.262. The fourth-order valence-electron chi connectivity index (χ4n) is 4.89. The number of imidazole rings is 2. The zero-order valence-electron chi connectivity index (χ0n) is 23.5. The van der Waals surface area contributed by atoms with Crippen molar-refractivity contribution >= 4 is 17.0 Å². The molecule has 0 bridgehead atoms. The molecule has 0 aliphatic heterocycles. The highest BCUT2D eigenvalue weighted by atomic mass is 16.6. The Bertz CT molecular complexity index is 1750. The van der Waals surface area contributed by atoms with Crippen LogP contribution in [-0.4, -0.2) is 35.4 Å². The number of hydrogen-bond donors (Lipinski definition) is 1. The van der Waals surface area contributed by atoms with Crippen LogP contribution in [0.25, 0.3) is 27.8 Å². The van der Waals surface area contributed by atoms with Gasteiger partial charge in [-0.05, 0) is 68.1 Å². The molecule has 5 rings (SSSR count). The molecule has 1 N–H and O–H groups in total. The minimum Gasteiger partial charge on any atom is -0.493 e. The molecule has 0 radical (unpaired) electrons. The molecule has 0 amide bonds. The van der Waals surface area contributed by atoms with Crippen LogP contribution in [0.15, 0.2) is 77.7 Å². The van der Waals surface area contributed by atoms with Crippen molar-refractivity contribution in [1.29, 1.82) is 0 Å². The summed E-state index contributed by atoms with van der Waals surface area (Å²) in [5.74, 6) is 0.494. The van der Waals surface area contributed by atoms with Gasteiger partial charge in [-0.3, -0.25) is 4.57 Å². The Hall–Kier alpha value is -4.59. The Morgan fingerprint density at radius 3 is 2.40 bits per heavy atom. The molecular formula is C32H34N4O4. The van der Waals surface area contributed by atoms with Crippen LogP contribution in [0, 0.1) is 0 Å². The molecule has 2 heterocycles. The predicted octanol–water partition coefficient (Wildman–Crippen LogP) is 5.85. The number of aryl methyl sites for hydroxylation is 2. The number of benzene rings is 3. The molecule has 8 nitrogen and oxygen atoms in total. The summed E-state index contributed by atoms with van der Waals surface area (Å²) in [6, 6.07) is 21.2. The van der Waals surface area contributed by atoms with E-state index in [4.69, 9.17) is 9.72 Å². The average molecular weight is 539 g/mol. The standard InChI is InChI=1S/C32H34N4O4/c1-6-9-28-33-26-17-16-23(36-29(37)20-34(5)31(36)39)18-27(26)35(28)19-21-12-14-22(15-13-21)24-10-7-8-11-25(24)30(38)40-32(2,3)4/h7-8,10-18,20,37H,6,9,19H2,1-5H3. The maximum Gasteiger partial charge on any atom is 0.339 e. The molecule has 3 aromatic carbocycles. The van der Waals surface area contributed by atoms with Crippen molar-refractivity contribution in [1.82, 2.24) is 18.7 Å². The van der Waals surface area contributed by atoms with E-state index in [1.165, 1.54) is 15.3 Å². The van der Waals surface area contributed by atoms with Crippen LogP contribution in [0.5, 0.6) is 5.88 Å². The number of aromatic hydroxyl groups is 1. The minimum atomic E-state index is -0.579. The molecule has 0 fully saturated rings.